The first-order valence-electron chi connectivity index (χ1n) is 11.3. The molecule has 4 aliphatic rings. The van der Waals surface area contributed by atoms with E-state index in [1.807, 2.05) is 12.1 Å². The Balaban J connectivity index is 1.32. The number of aliphatic hydroxyl groups is 1. The highest BCUT2D eigenvalue weighted by Gasteiger charge is 2.57. The minimum atomic E-state index is -1.16. The zero-order valence-corrected chi connectivity index (χ0v) is 19.3. The van der Waals surface area contributed by atoms with Crippen LogP contribution < -0.4 is 10.2 Å². The third-order valence-electron chi connectivity index (χ3n) is 7.82. The molecule has 0 spiro atoms. The first-order valence-corrected chi connectivity index (χ1v) is 13.0. The van der Waals surface area contributed by atoms with Gasteiger partial charge in [0, 0.05) is 30.3 Å². The summed E-state index contributed by atoms with van der Waals surface area (Å²) in [6.45, 7) is 1.74. The van der Waals surface area contributed by atoms with Gasteiger partial charge < -0.3 is 15.3 Å². The van der Waals surface area contributed by atoms with Crippen LogP contribution in [0.15, 0.2) is 29.2 Å². The van der Waals surface area contributed by atoms with Gasteiger partial charge in [-0.25, -0.2) is 4.98 Å². The summed E-state index contributed by atoms with van der Waals surface area (Å²) in [5, 5.41) is 24.4. The molecule has 2 aromatic rings. The molecule has 1 aromatic heterocycles. The molecule has 2 aliphatic heterocycles. The Morgan fingerprint density at radius 3 is 2.59 bits per heavy atom. The molecule has 6 nitrogen and oxygen atoms in total. The SMILES string of the molecule is N#Cc1c(N2CC3C(C2)C3c2ccc(Cl)cc2)nc2c(c1NC1(CO)CCC1)[S@](=O)CC2. The second-order valence-corrected chi connectivity index (χ2v) is 11.5. The van der Waals surface area contributed by atoms with Crippen molar-refractivity contribution < 1.29 is 9.32 Å². The summed E-state index contributed by atoms with van der Waals surface area (Å²) in [7, 11) is -1.16. The first-order chi connectivity index (χ1) is 15.5. The van der Waals surface area contributed by atoms with Crippen LogP contribution in [0, 0.1) is 23.2 Å². The molecule has 166 valence electrons. The van der Waals surface area contributed by atoms with Gasteiger partial charge in [-0.3, -0.25) is 4.21 Å². The number of benzene rings is 1. The van der Waals surface area contributed by atoms with Crippen molar-refractivity contribution in [2.24, 2.45) is 11.8 Å². The number of rotatable bonds is 5. The number of hydrogen-bond acceptors (Lipinski definition) is 6. The van der Waals surface area contributed by atoms with E-state index in [0.717, 1.165) is 43.1 Å². The third kappa shape index (κ3) is 3.07. The maximum atomic E-state index is 12.8. The van der Waals surface area contributed by atoms with Crippen LogP contribution in [0.25, 0.3) is 0 Å². The Kier molecular flexibility index (Phi) is 4.76. The predicted molar refractivity (Wildman–Crippen MR) is 125 cm³/mol. The molecule has 3 fully saturated rings. The van der Waals surface area contributed by atoms with E-state index in [2.05, 4.69) is 28.4 Å². The maximum Gasteiger partial charge on any atom is 0.149 e. The molecule has 3 atom stereocenters. The van der Waals surface area contributed by atoms with Crippen molar-refractivity contribution in [1.82, 2.24) is 4.98 Å². The standard InChI is InChI=1S/C24H25ClN4O2S/c25-15-4-2-14(3-5-15)20-17-11-29(12-18(17)20)23-16(10-26)21(28-24(13-30)7-1-8-24)22-19(27-23)6-9-32(22)31/h2-5,17-18,20,30H,1,6-9,11-13H2,(H,27,28)/t17?,18?,20?,32-/m1/s1. The van der Waals surface area contributed by atoms with Crippen LogP contribution in [-0.4, -0.2) is 45.3 Å². The lowest BCUT2D eigenvalue weighted by molar-refractivity contribution is 0.144. The molecule has 0 amide bonds. The van der Waals surface area contributed by atoms with Crippen molar-refractivity contribution in [2.75, 3.05) is 35.7 Å². The van der Waals surface area contributed by atoms with Crippen molar-refractivity contribution in [3.63, 3.8) is 0 Å². The molecule has 1 saturated heterocycles. The van der Waals surface area contributed by atoms with Gasteiger partial charge in [-0.05, 0) is 54.7 Å². The van der Waals surface area contributed by atoms with E-state index in [1.54, 1.807) is 0 Å². The van der Waals surface area contributed by atoms with Crippen LogP contribution >= 0.6 is 11.6 Å². The van der Waals surface area contributed by atoms with Crippen LogP contribution in [0.5, 0.6) is 0 Å². The Morgan fingerprint density at radius 2 is 2.00 bits per heavy atom. The number of anilines is 2. The minimum Gasteiger partial charge on any atom is -0.394 e. The molecule has 0 bridgehead atoms. The lowest BCUT2D eigenvalue weighted by atomic mass is 9.77. The molecule has 2 N–H and O–H groups in total. The van der Waals surface area contributed by atoms with Crippen molar-refractivity contribution >= 4 is 33.9 Å². The maximum absolute atomic E-state index is 12.8. The summed E-state index contributed by atoms with van der Waals surface area (Å²) >= 11 is 6.05. The number of nitrogens with one attached hydrogen (secondary N) is 1. The summed E-state index contributed by atoms with van der Waals surface area (Å²) < 4.78 is 12.8. The fraction of sp³-hybridized carbons (Fsp3) is 0.500. The zero-order chi connectivity index (χ0) is 22.0. The second-order valence-electron chi connectivity index (χ2n) is 9.60. The molecular formula is C24H25ClN4O2S. The van der Waals surface area contributed by atoms with Gasteiger partial charge in [0.25, 0.3) is 0 Å². The Bertz CT molecular complexity index is 1140. The molecule has 2 aliphatic carbocycles. The monoisotopic (exact) mass is 468 g/mol. The minimum absolute atomic E-state index is 0.00751. The normalized spacial score (nSPS) is 29.1. The quantitative estimate of drug-likeness (QED) is 0.698. The van der Waals surface area contributed by atoms with Crippen LogP contribution in [0.2, 0.25) is 5.02 Å². The second kappa shape index (κ2) is 7.44. The van der Waals surface area contributed by atoms with Crippen LogP contribution in [0.1, 0.15) is 42.0 Å². The summed E-state index contributed by atoms with van der Waals surface area (Å²) in [6.07, 6.45) is 3.41. The first kappa shape index (κ1) is 20.5. The van der Waals surface area contributed by atoms with E-state index in [4.69, 9.17) is 16.6 Å². The molecule has 1 aromatic carbocycles. The van der Waals surface area contributed by atoms with Gasteiger partial charge in [-0.15, -0.1) is 0 Å². The molecule has 8 heteroatoms. The molecule has 3 heterocycles. The van der Waals surface area contributed by atoms with Gasteiger partial charge >= 0.3 is 0 Å². The molecular weight excluding hydrogens is 444 g/mol. The molecule has 2 unspecified atom stereocenters. The third-order valence-corrected chi connectivity index (χ3v) is 9.54. The Morgan fingerprint density at radius 1 is 1.28 bits per heavy atom. The number of nitrogens with zero attached hydrogens (tertiary/aromatic N) is 3. The van der Waals surface area contributed by atoms with E-state index in [-0.39, 0.29) is 6.61 Å². The number of aryl methyl sites for hydroxylation is 1. The van der Waals surface area contributed by atoms with Crippen LogP contribution in [0.3, 0.4) is 0 Å². The van der Waals surface area contributed by atoms with Crippen molar-refractivity contribution in [2.45, 2.75) is 42.0 Å². The van der Waals surface area contributed by atoms with Gasteiger partial charge in [-0.1, -0.05) is 23.7 Å². The number of aromatic nitrogens is 1. The number of aliphatic hydroxyl groups excluding tert-OH is 1. The lowest BCUT2D eigenvalue weighted by Crippen LogP contribution is -2.48. The number of hydrogen-bond donors (Lipinski definition) is 2. The van der Waals surface area contributed by atoms with E-state index >= 15 is 0 Å². The van der Waals surface area contributed by atoms with E-state index in [1.165, 1.54) is 5.56 Å². The average molecular weight is 469 g/mol. The number of piperidine rings is 1. The molecule has 0 radical (unpaired) electrons. The van der Waals surface area contributed by atoms with E-state index < -0.39 is 16.3 Å². The van der Waals surface area contributed by atoms with Gasteiger partial charge in [0.05, 0.1) is 39.2 Å². The van der Waals surface area contributed by atoms with Crippen LogP contribution in [-0.2, 0) is 17.2 Å². The topological polar surface area (TPSA) is 89.2 Å². The fourth-order valence-corrected chi connectivity index (χ4v) is 7.33. The van der Waals surface area contributed by atoms with Gasteiger partial charge in [0.15, 0.2) is 0 Å². The summed E-state index contributed by atoms with van der Waals surface area (Å²) in [6, 6.07) is 10.5. The number of nitriles is 1. The Hall–Kier alpha value is -2.14. The number of fused-ring (bicyclic) bond motifs is 2. The van der Waals surface area contributed by atoms with Gasteiger partial charge in [0.2, 0.25) is 0 Å². The predicted octanol–water partition coefficient (Wildman–Crippen LogP) is 3.45. The number of halogens is 1. The molecule has 32 heavy (non-hydrogen) atoms. The highest BCUT2D eigenvalue weighted by molar-refractivity contribution is 7.85. The lowest BCUT2D eigenvalue weighted by Gasteiger charge is -2.42. The summed E-state index contributed by atoms with van der Waals surface area (Å²) in [4.78, 5) is 7.78. The average Bonchev–Trinajstić information content (AvgIpc) is 3.08. The van der Waals surface area contributed by atoms with Gasteiger partial charge in [-0.2, -0.15) is 5.26 Å². The number of pyridine rings is 1. The zero-order valence-electron chi connectivity index (χ0n) is 17.7. The van der Waals surface area contributed by atoms with E-state index in [0.29, 0.717) is 51.9 Å². The smallest absolute Gasteiger partial charge is 0.149 e. The van der Waals surface area contributed by atoms with E-state index in [9.17, 15) is 14.6 Å². The fourth-order valence-electron chi connectivity index (χ4n) is 5.83. The highest BCUT2D eigenvalue weighted by Crippen LogP contribution is 2.59. The van der Waals surface area contributed by atoms with Gasteiger partial charge in [0.1, 0.15) is 17.5 Å². The van der Waals surface area contributed by atoms with Crippen LogP contribution in [0.4, 0.5) is 11.5 Å². The largest absolute Gasteiger partial charge is 0.394 e. The highest BCUT2D eigenvalue weighted by atomic mass is 35.5. The van der Waals surface area contributed by atoms with Crippen molar-refractivity contribution in [3.05, 3.63) is 46.1 Å². The summed E-state index contributed by atoms with van der Waals surface area (Å²) in [5.41, 5.74) is 2.87. The summed E-state index contributed by atoms with van der Waals surface area (Å²) in [5.74, 6) is 2.90. The molecule has 6 rings (SSSR count). The van der Waals surface area contributed by atoms with Crippen molar-refractivity contribution in [3.8, 4) is 6.07 Å². The Labute approximate surface area is 195 Å². The van der Waals surface area contributed by atoms with Crippen molar-refractivity contribution in [1.29, 1.82) is 5.26 Å². The molecule has 2 saturated carbocycles.